The van der Waals surface area contributed by atoms with Crippen LogP contribution in [0.25, 0.3) is 0 Å². The zero-order chi connectivity index (χ0) is 10.2. The van der Waals surface area contributed by atoms with Crippen LogP contribution >= 0.6 is 0 Å². The van der Waals surface area contributed by atoms with E-state index in [1.807, 2.05) is 6.92 Å². The summed E-state index contributed by atoms with van der Waals surface area (Å²) in [6, 6.07) is 1.66. The first-order valence-electron chi connectivity index (χ1n) is 3.95. The molecule has 3 N–H and O–H groups in total. The van der Waals surface area contributed by atoms with Crippen molar-refractivity contribution in [2.45, 2.75) is 26.3 Å². The molecular formula is C9H13NO3. The van der Waals surface area contributed by atoms with Crippen LogP contribution in [0, 0.1) is 13.8 Å². The zero-order valence-corrected chi connectivity index (χ0v) is 7.92. The SMILES string of the molecule is Cc1cc([C@@](C)(N)C(=O)O)oc1C. The van der Waals surface area contributed by atoms with E-state index < -0.39 is 11.5 Å². The van der Waals surface area contributed by atoms with Crippen molar-refractivity contribution in [1.82, 2.24) is 0 Å². The molecule has 4 heteroatoms. The second-order valence-electron chi connectivity index (χ2n) is 3.36. The lowest BCUT2D eigenvalue weighted by molar-refractivity contribution is -0.143. The van der Waals surface area contributed by atoms with E-state index in [2.05, 4.69) is 0 Å². The van der Waals surface area contributed by atoms with Gasteiger partial charge >= 0.3 is 5.97 Å². The number of carboxylic acid groups (broad SMARTS) is 1. The van der Waals surface area contributed by atoms with Gasteiger partial charge in [0.05, 0.1) is 0 Å². The summed E-state index contributed by atoms with van der Waals surface area (Å²) in [6.07, 6.45) is 0. The van der Waals surface area contributed by atoms with Gasteiger partial charge in [0.25, 0.3) is 0 Å². The van der Waals surface area contributed by atoms with Crippen molar-refractivity contribution in [3.8, 4) is 0 Å². The Hall–Kier alpha value is -1.29. The summed E-state index contributed by atoms with van der Waals surface area (Å²) in [5.41, 5.74) is 5.03. The second-order valence-corrected chi connectivity index (χ2v) is 3.36. The zero-order valence-electron chi connectivity index (χ0n) is 7.92. The monoisotopic (exact) mass is 183 g/mol. The lowest BCUT2D eigenvalue weighted by atomic mass is 10.0. The molecule has 1 aromatic rings. The molecule has 0 saturated carbocycles. The molecule has 0 radical (unpaired) electrons. The average Bonchev–Trinajstić information content (AvgIpc) is 2.32. The lowest BCUT2D eigenvalue weighted by Gasteiger charge is -2.15. The molecule has 0 aliphatic heterocycles. The van der Waals surface area contributed by atoms with E-state index in [9.17, 15) is 4.79 Å². The molecular weight excluding hydrogens is 170 g/mol. The minimum atomic E-state index is -1.45. The van der Waals surface area contributed by atoms with Crippen molar-refractivity contribution in [3.63, 3.8) is 0 Å². The van der Waals surface area contributed by atoms with Crippen molar-refractivity contribution < 1.29 is 14.3 Å². The van der Waals surface area contributed by atoms with Crippen LogP contribution in [-0.2, 0) is 10.3 Å². The Kier molecular flexibility index (Phi) is 2.17. The van der Waals surface area contributed by atoms with Gasteiger partial charge in [-0.25, -0.2) is 4.79 Å². The Morgan fingerprint density at radius 1 is 1.62 bits per heavy atom. The van der Waals surface area contributed by atoms with E-state index in [1.54, 1.807) is 13.0 Å². The first-order valence-corrected chi connectivity index (χ1v) is 3.95. The van der Waals surface area contributed by atoms with Crippen LogP contribution in [-0.4, -0.2) is 11.1 Å². The second kappa shape index (κ2) is 2.88. The minimum absolute atomic E-state index is 0.287. The molecule has 0 amide bonds. The topological polar surface area (TPSA) is 76.5 Å². The highest BCUT2D eigenvalue weighted by Gasteiger charge is 2.34. The normalized spacial score (nSPS) is 15.4. The molecule has 0 bridgehead atoms. The first kappa shape index (κ1) is 9.80. The molecule has 0 unspecified atom stereocenters. The van der Waals surface area contributed by atoms with E-state index in [1.165, 1.54) is 6.92 Å². The van der Waals surface area contributed by atoms with E-state index in [0.717, 1.165) is 5.56 Å². The Morgan fingerprint density at radius 3 is 2.46 bits per heavy atom. The molecule has 0 spiro atoms. The van der Waals surface area contributed by atoms with Crippen molar-refractivity contribution in [2.75, 3.05) is 0 Å². The number of rotatable bonds is 2. The molecule has 0 aromatic carbocycles. The number of carbonyl (C=O) groups is 1. The molecule has 0 saturated heterocycles. The molecule has 4 nitrogen and oxygen atoms in total. The van der Waals surface area contributed by atoms with E-state index >= 15 is 0 Å². The van der Waals surface area contributed by atoms with Gasteiger partial charge < -0.3 is 15.3 Å². The summed E-state index contributed by atoms with van der Waals surface area (Å²) in [7, 11) is 0. The van der Waals surface area contributed by atoms with Gasteiger partial charge in [0, 0.05) is 0 Å². The number of carboxylic acids is 1. The highest BCUT2D eigenvalue weighted by molar-refractivity contribution is 5.79. The molecule has 1 rings (SSSR count). The maximum Gasteiger partial charge on any atom is 0.331 e. The van der Waals surface area contributed by atoms with Crippen LogP contribution in [0.15, 0.2) is 10.5 Å². The van der Waals surface area contributed by atoms with Crippen molar-refractivity contribution in [1.29, 1.82) is 0 Å². The fourth-order valence-corrected chi connectivity index (χ4v) is 0.934. The maximum atomic E-state index is 10.8. The summed E-state index contributed by atoms with van der Waals surface area (Å²) >= 11 is 0. The van der Waals surface area contributed by atoms with Gasteiger partial charge in [-0.1, -0.05) is 0 Å². The van der Waals surface area contributed by atoms with Crippen LogP contribution in [0.5, 0.6) is 0 Å². The fraction of sp³-hybridized carbons (Fsp3) is 0.444. The molecule has 1 heterocycles. The van der Waals surface area contributed by atoms with Crippen molar-refractivity contribution >= 4 is 5.97 Å². The molecule has 1 atom stereocenters. The van der Waals surface area contributed by atoms with Crippen LogP contribution < -0.4 is 5.73 Å². The van der Waals surface area contributed by atoms with Crippen LogP contribution in [0.3, 0.4) is 0 Å². The van der Waals surface area contributed by atoms with Gasteiger partial charge in [-0.3, -0.25) is 0 Å². The largest absolute Gasteiger partial charge is 0.480 e. The molecule has 13 heavy (non-hydrogen) atoms. The molecule has 0 aliphatic carbocycles. The Morgan fingerprint density at radius 2 is 2.15 bits per heavy atom. The summed E-state index contributed by atoms with van der Waals surface area (Å²) in [4.78, 5) is 10.8. The fourth-order valence-electron chi connectivity index (χ4n) is 0.934. The quantitative estimate of drug-likeness (QED) is 0.721. The smallest absolute Gasteiger partial charge is 0.331 e. The Balaban J connectivity index is 3.15. The summed E-state index contributed by atoms with van der Waals surface area (Å²) in [5.74, 6) is -0.107. The molecule has 0 aliphatic rings. The van der Waals surface area contributed by atoms with Gasteiger partial charge in [0.15, 0.2) is 5.54 Å². The number of nitrogens with two attached hydrogens (primary N) is 1. The highest BCUT2D eigenvalue weighted by atomic mass is 16.4. The van der Waals surface area contributed by atoms with Crippen molar-refractivity contribution in [3.05, 3.63) is 23.2 Å². The lowest BCUT2D eigenvalue weighted by Crippen LogP contribution is -2.41. The third kappa shape index (κ3) is 1.58. The maximum absolute atomic E-state index is 10.8. The van der Waals surface area contributed by atoms with Gasteiger partial charge in [-0.15, -0.1) is 0 Å². The van der Waals surface area contributed by atoms with Gasteiger partial charge in [0.2, 0.25) is 0 Å². The van der Waals surface area contributed by atoms with E-state index in [-0.39, 0.29) is 5.76 Å². The number of furan rings is 1. The van der Waals surface area contributed by atoms with E-state index in [4.69, 9.17) is 15.3 Å². The number of hydrogen-bond acceptors (Lipinski definition) is 3. The first-order chi connectivity index (χ1) is 5.85. The third-order valence-corrected chi connectivity index (χ3v) is 2.12. The number of aliphatic carboxylic acids is 1. The van der Waals surface area contributed by atoms with Crippen LogP contribution in [0.2, 0.25) is 0 Å². The summed E-state index contributed by atoms with van der Waals surface area (Å²) in [5, 5.41) is 8.81. The van der Waals surface area contributed by atoms with E-state index in [0.29, 0.717) is 5.76 Å². The van der Waals surface area contributed by atoms with Crippen LogP contribution in [0.4, 0.5) is 0 Å². The minimum Gasteiger partial charge on any atom is -0.480 e. The highest BCUT2D eigenvalue weighted by Crippen LogP contribution is 2.23. The summed E-state index contributed by atoms with van der Waals surface area (Å²) in [6.45, 7) is 5.03. The number of aryl methyl sites for hydroxylation is 2. The van der Waals surface area contributed by atoms with Gasteiger partial charge in [0.1, 0.15) is 11.5 Å². The average molecular weight is 183 g/mol. The van der Waals surface area contributed by atoms with Gasteiger partial charge in [-0.2, -0.15) is 0 Å². The molecule has 72 valence electrons. The predicted molar refractivity (Wildman–Crippen MR) is 47.4 cm³/mol. The number of hydrogen-bond donors (Lipinski definition) is 2. The van der Waals surface area contributed by atoms with Gasteiger partial charge in [-0.05, 0) is 32.4 Å². The van der Waals surface area contributed by atoms with Crippen molar-refractivity contribution in [2.24, 2.45) is 5.73 Å². The van der Waals surface area contributed by atoms with Crippen LogP contribution in [0.1, 0.15) is 24.0 Å². The molecule has 0 fully saturated rings. The Labute approximate surface area is 76.3 Å². The standard InChI is InChI=1S/C9H13NO3/c1-5-4-7(13-6(5)2)9(3,10)8(11)12/h4H,10H2,1-3H3,(H,11,12)/t9-/m1/s1. The molecule has 1 aromatic heterocycles. The third-order valence-electron chi connectivity index (χ3n) is 2.12. The summed E-state index contributed by atoms with van der Waals surface area (Å²) < 4.78 is 5.23. The predicted octanol–water partition coefficient (Wildman–Crippen LogP) is 1.15. The Bertz CT molecular complexity index is 319.